The number of nitrogens with zero attached hydrogens (tertiary/aromatic N) is 1. The van der Waals surface area contributed by atoms with Crippen molar-refractivity contribution in [3.8, 4) is 0 Å². The monoisotopic (exact) mass is 142 g/mol. The summed E-state index contributed by atoms with van der Waals surface area (Å²) in [5.41, 5.74) is 0. The van der Waals surface area contributed by atoms with Gasteiger partial charge in [-0.1, -0.05) is 0 Å². The van der Waals surface area contributed by atoms with Crippen LogP contribution in [0.15, 0.2) is 0 Å². The molecule has 10 heavy (non-hydrogen) atoms. The van der Waals surface area contributed by atoms with E-state index in [0.717, 1.165) is 6.04 Å². The molecule has 1 saturated heterocycles. The fraction of sp³-hybridized carbons (Fsp3) is 1.00. The van der Waals surface area contributed by atoms with E-state index in [0.29, 0.717) is 6.04 Å². The average molecular weight is 142 g/mol. The molecule has 1 fully saturated rings. The summed E-state index contributed by atoms with van der Waals surface area (Å²) < 4.78 is 0. The maximum Gasteiger partial charge on any atom is 0.0232 e. The summed E-state index contributed by atoms with van der Waals surface area (Å²) in [5, 5.41) is 3.37. The minimum absolute atomic E-state index is 0.685. The van der Waals surface area contributed by atoms with Crippen LogP contribution in [0.3, 0.4) is 0 Å². The zero-order valence-corrected chi connectivity index (χ0v) is 7.22. The van der Waals surface area contributed by atoms with Crippen LogP contribution < -0.4 is 5.32 Å². The van der Waals surface area contributed by atoms with E-state index in [4.69, 9.17) is 0 Å². The lowest BCUT2D eigenvalue weighted by Gasteiger charge is -2.27. The van der Waals surface area contributed by atoms with Gasteiger partial charge >= 0.3 is 0 Å². The first-order valence-electron chi connectivity index (χ1n) is 4.14. The number of rotatable bonds is 2. The third-order valence-corrected chi connectivity index (χ3v) is 2.42. The topological polar surface area (TPSA) is 15.3 Å². The van der Waals surface area contributed by atoms with Gasteiger partial charge in [-0.3, -0.25) is 4.90 Å². The van der Waals surface area contributed by atoms with Gasteiger partial charge < -0.3 is 5.32 Å². The molecule has 0 aliphatic carbocycles. The summed E-state index contributed by atoms with van der Waals surface area (Å²) in [5.74, 6) is 0. The van der Waals surface area contributed by atoms with Crippen molar-refractivity contribution in [3.63, 3.8) is 0 Å². The Bertz CT molecular complexity index is 95.4. The van der Waals surface area contributed by atoms with Crippen molar-refractivity contribution in [1.82, 2.24) is 10.2 Å². The van der Waals surface area contributed by atoms with Gasteiger partial charge in [0.05, 0.1) is 0 Å². The van der Waals surface area contributed by atoms with Crippen LogP contribution in [0.25, 0.3) is 0 Å². The molecule has 0 radical (unpaired) electrons. The second kappa shape index (κ2) is 3.35. The normalized spacial score (nSPS) is 26.7. The smallest absolute Gasteiger partial charge is 0.0232 e. The van der Waals surface area contributed by atoms with E-state index < -0.39 is 0 Å². The molecule has 0 aromatic rings. The largest absolute Gasteiger partial charge is 0.315 e. The molecule has 0 aromatic carbocycles. The van der Waals surface area contributed by atoms with E-state index in [-0.39, 0.29) is 0 Å². The highest BCUT2D eigenvalue weighted by molar-refractivity contribution is 4.79. The van der Waals surface area contributed by atoms with Crippen LogP contribution in [0.2, 0.25) is 0 Å². The lowest BCUT2D eigenvalue weighted by molar-refractivity contribution is 0.208. The Morgan fingerprint density at radius 1 is 1.50 bits per heavy atom. The van der Waals surface area contributed by atoms with E-state index in [1.165, 1.54) is 19.5 Å². The number of nitrogens with one attached hydrogen (secondary N) is 1. The van der Waals surface area contributed by atoms with Crippen LogP contribution in [-0.2, 0) is 0 Å². The van der Waals surface area contributed by atoms with Gasteiger partial charge in [0.1, 0.15) is 0 Å². The molecule has 1 aliphatic rings. The molecule has 0 unspecified atom stereocenters. The molecule has 1 rings (SSSR count). The lowest BCUT2D eigenvalue weighted by Crippen LogP contribution is -2.38. The Labute approximate surface area is 63.6 Å². The zero-order chi connectivity index (χ0) is 7.56. The minimum Gasteiger partial charge on any atom is -0.315 e. The SMILES string of the molecule is CC(C)N(C)[C@H]1CCNC1. The molecule has 1 aliphatic heterocycles. The summed E-state index contributed by atoms with van der Waals surface area (Å²) >= 11 is 0. The summed E-state index contributed by atoms with van der Waals surface area (Å²) in [6, 6.07) is 1.46. The molecule has 2 nitrogen and oxygen atoms in total. The van der Waals surface area contributed by atoms with Crippen LogP contribution in [-0.4, -0.2) is 37.1 Å². The molecule has 1 N–H and O–H groups in total. The highest BCUT2D eigenvalue weighted by Gasteiger charge is 2.20. The maximum atomic E-state index is 3.37. The molecular formula is C8H18N2. The van der Waals surface area contributed by atoms with Crippen LogP contribution in [0.1, 0.15) is 20.3 Å². The number of likely N-dealkylation sites (N-methyl/N-ethyl adjacent to an activating group) is 1. The molecule has 0 bridgehead atoms. The summed E-state index contributed by atoms with van der Waals surface area (Å²) in [6.07, 6.45) is 1.31. The van der Waals surface area contributed by atoms with Crippen LogP contribution in [0.5, 0.6) is 0 Å². The van der Waals surface area contributed by atoms with Crippen molar-refractivity contribution in [3.05, 3.63) is 0 Å². The fourth-order valence-electron chi connectivity index (χ4n) is 1.41. The lowest BCUT2D eigenvalue weighted by atomic mass is 10.2. The van der Waals surface area contributed by atoms with Gasteiger partial charge in [0, 0.05) is 18.6 Å². The Kier molecular flexibility index (Phi) is 2.69. The third-order valence-electron chi connectivity index (χ3n) is 2.42. The van der Waals surface area contributed by atoms with Crippen LogP contribution in [0, 0.1) is 0 Å². The minimum atomic E-state index is 0.685. The number of hydrogen-bond donors (Lipinski definition) is 1. The Hall–Kier alpha value is -0.0800. The zero-order valence-electron chi connectivity index (χ0n) is 7.22. The van der Waals surface area contributed by atoms with Crippen molar-refractivity contribution in [1.29, 1.82) is 0 Å². The van der Waals surface area contributed by atoms with Crippen molar-refractivity contribution < 1.29 is 0 Å². The predicted molar refractivity (Wildman–Crippen MR) is 44.2 cm³/mol. The number of hydrogen-bond acceptors (Lipinski definition) is 2. The van der Waals surface area contributed by atoms with Gasteiger partial charge in [0.15, 0.2) is 0 Å². The van der Waals surface area contributed by atoms with Crippen molar-refractivity contribution in [2.24, 2.45) is 0 Å². The third kappa shape index (κ3) is 1.70. The van der Waals surface area contributed by atoms with Gasteiger partial charge in [0.2, 0.25) is 0 Å². The molecule has 0 saturated carbocycles. The first-order chi connectivity index (χ1) is 4.72. The van der Waals surface area contributed by atoms with Crippen molar-refractivity contribution >= 4 is 0 Å². The maximum absolute atomic E-state index is 3.37. The second-order valence-electron chi connectivity index (χ2n) is 3.41. The second-order valence-corrected chi connectivity index (χ2v) is 3.41. The van der Waals surface area contributed by atoms with E-state index in [9.17, 15) is 0 Å². The molecule has 0 aromatic heterocycles. The summed E-state index contributed by atoms with van der Waals surface area (Å²) in [6.45, 7) is 6.87. The first-order valence-corrected chi connectivity index (χ1v) is 4.14. The summed E-state index contributed by atoms with van der Waals surface area (Å²) in [4.78, 5) is 2.44. The molecule has 0 amide bonds. The molecule has 0 spiro atoms. The van der Waals surface area contributed by atoms with E-state index in [2.05, 4.69) is 31.1 Å². The van der Waals surface area contributed by atoms with Gasteiger partial charge in [-0.2, -0.15) is 0 Å². The van der Waals surface area contributed by atoms with Crippen molar-refractivity contribution in [2.75, 3.05) is 20.1 Å². The van der Waals surface area contributed by atoms with Crippen molar-refractivity contribution in [2.45, 2.75) is 32.4 Å². The van der Waals surface area contributed by atoms with Gasteiger partial charge in [-0.05, 0) is 33.9 Å². The highest BCUT2D eigenvalue weighted by Crippen LogP contribution is 2.08. The molecule has 60 valence electrons. The molecular weight excluding hydrogens is 124 g/mol. The Balaban J connectivity index is 2.32. The molecule has 1 heterocycles. The predicted octanol–water partition coefficient (Wildman–Crippen LogP) is 0.689. The van der Waals surface area contributed by atoms with Crippen LogP contribution in [0.4, 0.5) is 0 Å². The first kappa shape index (κ1) is 8.02. The quantitative estimate of drug-likeness (QED) is 0.610. The Morgan fingerprint density at radius 3 is 2.60 bits per heavy atom. The van der Waals surface area contributed by atoms with Gasteiger partial charge in [-0.25, -0.2) is 0 Å². The van der Waals surface area contributed by atoms with E-state index >= 15 is 0 Å². The van der Waals surface area contributed by atoms with E-state index in [1.807, 2.05) is 0 Å². The summed E-state index contributed by atoms with van der Waals surface area (Å²) in [7, 11) is 2.21. The average Bonchev–Trinajstić information content (AvgIpc) is 2.36. The van der Waals surface area contributed by atoms with Gasteiger partial charge in [-0.15, -0.1) is 0 Å². The molecule has 1 atom stereocenters. The van der Waals surface area contributed by atoms with Gasteiger partial charge in [0.25, 0.3) is 0 Å². The standard InChI is InChI=1S/C8H18N2/c1-7(2)10(3)8-4-5-9-6-8/h7-9H,4-6H2,1-3H3/t8-/m0/s1. The Morgan fingerprint density at radius 2 is 2.20 bits per heavy atom. The van der Waals surface area contributed by atoms with E-state index in [1.54, 1.807) is 0 Å². The molecule has 2 heteroatoms. The van der Waals surface area contributed by atoms with Crippen LogP contribution >= 0.6 is 0 Å². The fourth-order valence-corrected chi connectivity index (χ4v) is 1.41. The highest BCUT2D eigenvalue weighted by atomic mass is 15.2.